The third-order valence-electron chi connectivity index (χ3n) is 2.56. The summed E-state index contributed by atoms with van der Waals surface area (Å²) in [5.74, 6) is -1.74. The second-order valence-electron chi connectivity index (χ2n) is 4.37. The van der Waals surface area contributed by atoms with E-state index in [0.29, 0.717) is 24.2 Å². The van der Waals surface area contributed by atoms with E-state index in [1.807, 2.05) is 0 Å². The van der Waals surface area contributed by atoms with Gasteiger partial charge in [0.05, 0.1) is 11.4 Å². The average Bonchev–Trinajstić information content (AvgIpc) is 2.48. The highest BCUT2D eigenvalue weighted by Gasteiger charge is 1.99. The Morgan fingerprint density at radius 1 is 1.00 bits per heavy atom. The Hall–Kier alpha value is -3.08. The minimum atomic E-state index is -0.870. The van der Waals surface area contributed by atoms with Gasteiger partial charge in [0.15, 0.2) is 0 Å². The first-order chi connectivity index (χ1) is 10.9. The number of aliphatic carboxylic acids is 2. The van der Waals surface area contributed by atoms with E-state index in [0.717, 1.165) is 5.56 Å². The largest absolute Gasteiger partial charge is 0.481 e. The van der Waals surface area contributed by atoms with Crippen molar-refractivity contribution in [2.45, 2.75) is 32.6 Å². The number of carbonyl (C=O) groups is 2. The molecule has 1 aromatic rings. The van der Waals surface area contributed by atoms with E-state index in [9.17, 15) is 19.2 Å². The predicted molar refractivity (Wildman–Crippen MR) is 80.5 cm³/mol. The molecule has 2 N–H and O–H groups in total. The zero-order valence-corrected chi connectivity index (χ0v) is 12.5. The summed E-state index contributed by atoms with van der Waals surface area (Å²) in [4.78, 5) is 46.6. The molecule has 0 fully saturated rings. The fourth-order valence-electron chi connectivity index (χ4n) is 1.44. The smallest absolute Gasteiger partial charge is 0.303 e. The molecule has 23 heavy (non-hydrogen) atoms. The summed E-state index contributed by atoms with van der Waals surface area (Å²) in [6, 6.07) is 4.88. The molecule has 122 valence electrons. The molecule has 8 heteroatoms. The van der Waals surface area contributed by atoms with Crippen LogP contribution in [-0.2, 0) is 19.2 Å². The van der Waals surface area contributed by atoms with Gasteiger partial charge in [-0.05, 0) is 37.5 Å². The third-order valence-corrected chi connectivity index (χ3v) is 2.56. The van der Waals surface area contributed by atoms with Crippen molar-refractivity contribution in [2.75, 3.05) is 0 Å². The Morgan fingerprint density at radius 2 is 1.52 bits per heavy atom. The van der Waals surface area contributed by atoms with Crippen molar-refractivity contribution in [1.29, 1.82) is 0 Å². The summed E-state index contributed by atoms with van der Waals surface area (Å²) in [5, 5.41) is 16.3. The monoisotopic (exact) mass is 320 g/mol. The summed E-state index contributed by atoms with van der Waals surface area (Å²) < 4.78 is 0. The number of unbranched alkanes of at least 4 members (excludes halogenated alkanes) is 1. The van der Waals surface area contributed by atoms with Crippen molar-refractivity contribution in [3.63, 3.8) is 0 Å². The molecule has 0 spiro atoms. The van der Waals surface area contributed by atoms with Crippen LogP contribution in [0.5, 0.6) is 0 Å². The van der Waals surface area contributed by atoms with Crippen molar-refractivity contribution >= 4 is 35.5 Å². The van der Waals surface area contributed by atoms with Crippen molar-refractivity contribution in [2.24, 2.45) is 9.98 Å². The van der Waals surface area contributed by atoms with Crippen LogP contribution in [0, 0.1) is 6.92 Å². The number of hydrogen-bond donors (Lipinski definition) is 2. The third kappa shape index (κ3) is 10.3. The highest BCUT2D eigenvalue weighted by molar-refractivity contribution is 5.68. The lowest BCUT2D eigenvalue weighted by Crippen LogP contribution is -1.97. The lowest BCUT2D eigenvalue weighted by molar-refractivity contribution is -0.139. The molecule has 0 bridgehead atoms. The molecule has 0 aliphatic heterocycles. The topological polar surface area (TPSA) is 133 Å². The van der Waals surface area contributed by atoms with Gasteiger partial charge in [-0.1, -0.05) is 6.07 Å². The number of carboxylic acid groups (broad SMARTS) is 2. The van der Waals surface area contributed by atoms with Crippen LogP contribution >= 0.6 is 0 Å². The Bertz CT molecular complexity index is 627. The standard InChI is InChI=1S/C9H6N2O2.C6H10O4/c1-7-2-3-8(10-5-12)4-9(7)11-6-13;7-5(8)3-1-2-4-6(9)10/h2-4H,1H3;1-4H2,(H,7,8)(H,9,10). The van der Waals surface area contributed by atoms with Crippen LogP contribution in [0.1, 0.15) is 31.2 Å². The van der Waals surface area contributed by atoms with E-state index in [-0.39, 0.29) is 12.8 Å². The molecule has 0 unspecified atom stereocenters. The van der Waals surface area contributed by atoms with E-state index in [2.05, 4.69) is 9.98 Å². The molecule has 0 saturated heterocycles. The molecule has 8 nitrogen and oxygen atoms in total. The molecule has 0 aliphatic rings. The fraction of sp³-hybridized carbons (Fsp3) is 0.333. The lowest BCUT2D eigenvalue weighted by atomic mass is 10.2. The predicted octanol–water partition coefficient (Wildman–Crippen LogP) is 2.65. The average molecular weight is 320 g/mol. The van der Waals surface area contributed by atoms with Crippen molar-refractivity contribution in [1.82, 2.24) is 0 Å². The molecule has 0 saturated carbocycles. The maximum absolute atomic E-state index is 10.00. The minimum absolute atomic E-state index is 0.0628. The van der Waals surface area contributed by atoms with Gasteiger partial charge < -0.3 is 10.2 Å². The second kappa shape index (κ2) is 11.6. The number of carbonyl (C=O) groups excluding carboxylic acids is 2. The summed E-state index contributed by atoms with van der Waals surface area (Å²) >= 11 is 0. The van der Waals surface area contributed by atoms with E-state index >= 15 is 0 Å². The van der Waals surface area contributed by atoms with Gasteiger partial charge in [-0.2, -0.15) is 9.98 Å². The van der Waals surface area contributed by atoms with Crippen molar-refractivity contribution < 1.29 is 29.4 Å². The Morgan fingerprint density at radius 3 is 1.96 bits per heavy atom. The van der Waals surface area contributed by atoms with Gasteiger partial charge in [-0.3, -0.25) is 9.59 Å². The lowest BCUT2D eigenvalue weighted by Gasteiger charge is -1.97. The summed E-state index contributed by atoms with van der Waals surface area (Å²) in [6.07, 6.45) is 3.85. The van der Waals surface area contributed by atoms with Crippen LogP contribution in [0.25, 0.3) is 0 Å². The summed E-state index contributed by atoms with van der Waals surface area (Å²) in [5.41, 5.74) is 1.72. The van der Waals surface area contributed by atoms with Crippen molar-refractivity contribution in [3.8, 4) is 0 Å². The molecule has 1 aromatic carbocycles. The first kappa shape index (κ1) is 19.9. The molecule has 0 heterocycles. The Kier molecular flexibility index (Phi) is 10.0. The Labute approximate surface area is 132 Å². The molecule has 0 atom stereocenters. The van der Waals surface area contributed by atoms with E-state index in [1.165, 1.54) is 18.2 Å². The number of rotatable bonds is 7. The van der Waals surface area contributed by atoms with Gasteiger partial charge in [0.2, 0.25) is 12.2 Å². The zero-order valence-electron chi connectivity index (χ0n) is 12.5. The minimum Gasteiger partial charge on any atom is -0.481 e. The number of isocyanates is 2. The van der Waals surface area contributed by atoms with Crippen LogP contribution in [0.15, 0.2) is 28.2 Å². The van der Waals surface area contributed by atoms with E-state index < -0.39 is 11.9 Å². The second-order valence-corrected chi connectivity index (χ2v) is 4.37. The number of carboxylic acids is 2. The van der Waals surface area contributed by atoms with Gasteiger partial charge in [-0.25, -0.2) is 9.59 Å². The SMILES string of the molecule is Cc1ccc(N=C=O)cc1N=C=O.O=C(O)CCCCC(=O)O. The van der Waals surface area contributed by atoms with Crippen LogP contribution in [0.2, 0.25) is 0 Å². The van der Waals surface area contributed by atoms with Crippen LogP contribution in [0.3, 0.4) is 0 Å². The molecular weight excluding hydrogens is 304 g/mol. The maximum Gasteiger partial charge on any atom is 0.303 e. The molecule has 0 amide bonds. The van der Waals surface area contributed by atoms with Crippen molar-refractivity contribution in [3.05, 3.63) is 23.8 Å². The fourth-order valence-corrected chi connectivity index (χ4v) is 1.44. The number of hydrogen-bond acceptors (Lipinski definition) is 6. The van der Waals surface area contributed by atoms with Crippen LogP contribution in [-0.4, -0.2) is 34.3 Å². The number of aryl methyl sites for hydroxylation is 1. The van der Waals surface area contributed by atoms with Gasteiger partial charge in [0, 0.05) is 12.8 Å². The van der Waals surface area contributed by atoms with E-state index in [4.69, 9.17) is 10.2 Å². The molecule has 0 radical (unpaired) electrons. The van der Waals surface area contributed by atoms with Gasteiger partial charge >= 0.3 is 11.9 Å². The molecular formula is C15H16N2O6. The van der Waals surface area contributed by atoms with Crippen LogP contribution < -0.4 is 0 Å². The first-order valence-electron chi connectivity index (χ1n) is 6.60. The molecule has 1 rings (SSSR count). The first-order valence-corrected chi connectivity index (χ1v) is 6.60. The highest BCUT2D eigenvalue weighted by Crippen LogP contribution is 2.23. The number of nitrogens with zero attached hydrogens (tertiary/aromatic N) is 2. The summed E-state index contributed by atoms with van der Waals surface area (Å²) in [7, 11) is 0. The highest BCUT2D eigenvalue weighted by atomic mass is 16.4. The normalized spacial score (nSPS) is 8.74. The van der Waals surface area contributed by atoms with E-state index in [1.54, 1.807) is 19.1 Å². The Balaban J connectivity index is 0.000000438. The number of benzene rings is 1. The summed E-state index contributed by atoms with van der Waals surface area (Å²) in [6.45, 7) is 1.80. The molecule has 0 aliphatic carbocycles. The zero-order chi connectivity index (χ0) is 17.7. The quantitative estimate of drug-likeness (QED) is 0.450. The van der Waals surface area contributed by atoms with Gasteiger partial charge in [0.25, 0.3) is 0 Å². The number of aliphatic imine (C=N–C) groups is 2. The molecule has 0 aromatic heterocycles. The van der Waals surface area contributed by atoms with Crippen LogP contribution in [0.4, 0.5) is 11.4 Å². The van der Waals surface area contributed by atoms with Gasteiger partial charge in [0.1, 0.15) is 0 Å². The maximum atomic E-state index is 10.00. The van der Waals surface area contributed by atoms with Gasteiger partial charge in [-0.15, -0.1) is 0 Å².